The fraction of sp³-hybridized carbons (Fsp3) is 0.579. The Hall–Kier alpha value is -1.10. The van der Waals surface area contributed by atoms with Crippen LogP contribution in [0.5, 0.6) is 0 Å². The number of rotatable bonds is 3. The predicted octanol–water partition coefficient (Wildman–Crippen LogP) is 3.93. The third-order valence-electron chi connectivity index (χ3n) is 5.44. The minimum atomic E-state index is -0.373. The highest BCUT2D eigenvalue weighted by Crippen LogP contribution is 2.34. The molecule has 0 aliphatic carbocycles. The van der Waals surface area contributed by atoms with Gasteiger partial charge in [0.1, 0.15) is 5.78 Å². The summed E-state index contributed by atoms with van der Waals surface area (Å²) in [6, 6.07) is 5.33. The molecule has 4 nitrogen and oxygen atoms in total. The lowest BCUT2D eigenvalue weighted by Crippen LogP contribution is -2.64. The Labute approximate surface area is 159 Å². The molecule has 136 valence electrons. The molecule has 0 saturated carbocycles. The molecule has 2 aliphatic heterocycles. The first-order chi connectivity index (χ1) is 11.9. The third kappa shape index (κ3) is 4.02. The zero-order valence-corrected chi connectivity index (χ0v) is 16.1. The molecule has 0 radical (unpaired) electrons. The molecule has 25 heavy (non-hydrogen) atoms. The fourth-order valence-corrected chi connectivity index (χ4v) is 4.32. The van der Waals surface area contributed by atoms with Crippen molar-refractivity contribution in [1.82, 2.24) is 9.80 Å². The van der Waals surface area contributed by atoms with Gasteiger partial charge in [-0.2, -0.15) is 0 Å². The Morgan fingerprint density at radius 1 is 1.16 bits per heavy atom. The smallest absolute Gasteiger partial charge is 0.228 e. The summed E-state index contributed by atoms with van der Waals surface area (Å²) in [7, 11) is 0. The second kappa shape index (κ2) is 7.65. The summed E-state index contributed by atoms with van der Waals surface area (Å²) in [4.78, 5) is 29.1. The van der Waals surface area contributed by atoms with E-state index < -0.39 is 0 Å². The summed E-state index contributed by atoms with van der Waals surface area (Å²) >= 11 is 12.0. The molecule has 1 aromatic carbocycles. The predicted molar refractivity (Wildman–Crippen MR) is 99.9 cm³/mol. The maximum atomic E-state index is 13.0. The van der Waals surface area contributed by atoms with Crippen molar-refractivity contribution in [2.24, 2.45) is 0 Å². The summed E-state index contributed by atoms with van der Waals surface area (Å²) in [5.74, 6) is 0.355. The van der Waals surface area contributed by atoms with E-state index in [4.69, 9.17) is 23.2 Å². The Morgan fingerprint density at radius 2 is 1.96 bits per heavy atom. The van der Waals surface area contributed by atoms with Crippen molar-refractivity contribution in [3.05, 3.63) is 33.8 Å². The van der Waals surface area contributed by atoms with Crippen molar-refractivity contribution in [2.75, 3.05) is 19.6 Å². The largest absolute Gasteiger partial charge is 0.324 e. The highest BCUT2D eigenvalue weighted by Gasteiger charge is 2.43. The van der Waals surface area contributed by atoms with Crippen LogP contribution in [0.4, 0.5) is 0 Å². The molecular formula is C19H24Cl2N2O2. The minimum absolute atomic E-state index is 0.0820. The van der Waals surface area contributed by atoms with Crippen LogP contribution < -0.4 is 0 Å². The number of carbonyl (C=O) groups excluding carboxylic acids is 2. The molecule has 0 aromatic heterocycles. The summed E-state index contributed by atoms with van der Waals surface area (Å²) < 4.78 is 0. The molecule has 0 unspecified atom stereocenters. The normalized spacial score (nSPS) is 25.2. The highest BCUT2D eigenvalue weighted by molar-refractivity contribution is 6.42. The van der Waals surface area contributed by atoms with E-state index in [1.165, 1.54) is 0 Å². The van der Waals surface area contributed by atoms with E-state index in [9.17, 15) is 9.59 Å². The molecule has 1 aromatic rings. The average molecular weight is 383 g/mol. The number of carbonyl (C=O) groups is 2. The number of benzene rings is 1. The monoisotopic (exact) mass is 382 g/mol. The van der Waals surface area contributed by atoms with Crippen LogP contribution in [0.1, 0.15) is 44.6 Å². The van der Waals surface area contributed by atoms with Crippen LogP contribution in [-0.4, -0.2) is 46.8 Å². The average Bonchev–Trinajstić information content (AvgIpc) is 2.58. The molecule has 0 N–H and O–H groups in total. The number of amides is 1. The molecule has 2 aliphatic rings. The van der Waals surface area contributed by atoms with Gasteiger partial charge in [-0.1, -0.05) is 29.3 Å². The molecule has 1 atom stereocenters. The van der Waals surface area contributed by atoms with Gasteiger partial charge in [-0.3, -0.25) is 14.5 Å². The Balaban J connectivity index is 1.78. The van der Waals surface area contributed by atoms with Gasteiger partial charge in [0.2, 0.25) is 5.91 Å². The lowest BCUT2D eigenvalue weighted by Gasteiger charge is -2.52. The van der Waals surface area contributed by atoms with Gasteiger partial charge in [-0.25, -0.2) is 0 Å². The topological polar surface area (TPSA) is 40.6 Å². The van der Waals surface area contributed by atoms with E-state index in [0.717, 1.165) is 44.3 Å². The maximum absolute atomic E-state index is 13.0. The van der Waals surface area contributed by atoms with Crippen LogP contribution in [0.2, 0.25) is 10.0 Å². The van der Waals surface area contributed by atoms with Crippen molar-refractivity contribution >= 4 is 34.9 Å². The maximum Gasteiger partial charge on any atom is 0.228 e. The van der Waals surface area contributed by atoms with Crippen LogP contribution in [0.15, 0.2) is 18.2 Å². The number of Topliss-reactive ketones (excluding diaryl/α,β-unsaturated/α-hetero) is 1. The molecular weight excluding hydrogens is 359 g/mol. The van der Waals surface area contributed by atoms with Crippen LogP contribution in [0.25, 0.3) is 0 Å². The molecule has 3 rings (SSSR count). The van der Waals surface area contributed by atoms with E-state index in [0.29, 0.717) is 29.4 Å². The molecule has 2 heterocycles. The van der Waals surface area contributed by atoms with E-state index >= 15 is 0 Å². The minimum Gasteiger partial charge on any atom is -0.324 e. The molecule has 0 bridgehead atoms. The van der Waals surface area contributed by atoms with Crippen LogP contribution in [0, 0.1) is 0 Å². The van der Waals surface area contributed by atoms with Gasteiger partial charge < -0.3 is 4.90 Å². The first-order valence-corrected chi connectivity index (χ1v) is 9.67. The summed E-state index contributed by atoms with van der Waals surface area (Å²) in [6.45, 7) is 4.17. The quantitative estimate of drug-likeness (QED) is 0.794. The molecule has 2 fully saturated rings. The first-order valence-electron chi connectivity index (χ1n) is 8.91. The first kappa shape index (κ1) is 18.7. The van der Waals surface area contributed by atoms with E-state index in [2.05, 4.69) is 11.8 Å². The number of hydrogen-bond donors (Lipinski definition) is 0. The number of nitrogens with zero attached hydrogens (tertiary/aromatic N) is 2. The van der Waals surface area contributed by atoms with E-state index in [1.807, 2.05) is 11.0 Å². The summed E-state index contributed by atoms with van der Waals surface area (Å²) in [5.41, 5.74) is 0.490. The van der Waals surface area contributed by atoms with Crippen LogP contribution >= 0.6 is 23.2 Å². The van der Waals surface area contributed by atoms with Gasteiger partial charge in [-0.15, -0.1) is 0 Å². The Morgan fingerprint density at radius 3 is 2.68 bits per heavy atom. The van der Waals surface area contributed by atoms with Crippen molar-refractivity contribution < 1.29 is 9.59 Å². The molecule has 2 saturated heterocycles. The van der Waals surface area contributed by atoms with E-state index in [1.54, 1.807) is 12.1 Å². The van der Waals surface area contributed by atoms with Gasteiger partial charge in [0, 0.05) is 19.5 Å². The van der Waals surface area contributed by atoms with Crippen molar-refractivity contribution in [3.8, 4) is 0 Å². The number of halogens is 2. The zero-order chi connectivity index (χ0) is 18.0. The number of ketones is 1. The van der Waals surface area contributed by atoms with Crippen molar-refractivity contribution in [1.29, 1.82) is 0 Å². The lowest BCUT2D eigenvalue weighted by molar-refractivity contribution is -0.155. The fourth-order valence-electron chi connectivity index (χ4n) is 4.00. The van der Waals surface area contributed by atoms with Gasteiger partial charge in [0.05, 0.1) is 28.7 Å². The second-order valence-corrected chi connectivity index (χ2v) is 8.02. The highest BCUT2D eigenvalue weighted by atomic mass is 35.5. The number of hydrogen-bond acceptors (Lipinski definition) is 3. The zero-order valence-electron chi connectivity index (χ0n) is 14.6. The van der Waals surface area contributed by atoms with Gasteiger partial charge in [-0.05, 0) is 50.3 Å². The number of likely N-dealkylation sites (tertiary alicyclic amines) is 2. The van der Waals surface area contributed by atoms with Gasteiger partial charge in [0.25, 0.3) is 0 Å². The van der Waals surface area contributed by atoms with Crippen molar-refractivity contribution in [2.45, 2.75) is 51.1 Å². The lowest BCUT2D eigenvalue weighted by atomic mass is 9.92. The second-order valence-electron chi connectivity index (χ2n) is 7.21. The number of piperidine rings is 2. The molecule has 0 spiro atoms. The Bertz CT molecular complexity index is 679. The SMILES string of the molecule is C[C@]1(N2CCCC(=O)C2)CCCCN1C(=O)Cc1ccc(Cl)c(Cl)c1. The van der Waals surface area contributed by atoms with E-state index in [-0.39, 0.29) is 17.4 Å². The van der Waals surface area contributed by atoms with Crippen molar-refractivity contribution in [3.63, 3.8) is 0 Å². The van der Waals surface area contributed by atoms with Crippen LogP contribution in [0.3, 0.4) is 0 Å². The van der Waals surface area contributed by atoms with Crippen LogP contribution in [-0.2, 0) is 16.0 Å². The molecule has 1 amide bonds. The van der Waals surface area contributed by atoms with Gasteiger partial charge >= 0.3 is 0 Å². The summed E-state index contributed by atoms with van der Waals surface area (Å²) in [5, 5.41) is 0.961. The summed E-state index contributed by atoms with van der Waals surface area (Å²) in [6.07, 6.45) is 4.83. The van der Waals surface area contributed by atoms with Gasteiger partial charge in [0.15, 0.2) is 0 Å². The standard InChI is InChI=1S/C19H24Cl2N2O2/c1-19(22-9-4-5-15(24)13-22)8-2-3-10-23(19)18(25)12-14-6-7-16(20)17(21)11-14/h6-7,11H,2-5,8-10,12-13H2,1H3/t19-/m1/s1. The third-order valence-corrected chi connectivity index (χ3v) is 6.18. The molecule has 6 heteroatoms. The Kier molecular flexibility index (Phi) is 5.71.